The topological polar surface area (TPSA) is 86.9 Å². The summed E-state index contributed by atoms with van der Waals surface area (Å²) in [6.07, 6.45) is 3.99. The molecule has 20 heavy (non-hydrogen) atoms. The molecule has 1 aromatic heterocycles. The number of amides is 2. The first-order valence-electron chi connectivity index (χ1n) is 6.33. The van der Waals surface area contributed by atoms with E-state index in [1.165, 1.54) is 0 Å². The second-order valence-electron chi connectivity index (χ2n) is 4.23. The molecule has 0 radical (unpaired) electrons. The number of hydrogen-bond acceptors (Lipinski definition) is 3. The van der Waals surface area contributed by atoms with Crippen molar-refractivity contribution >= 4 is 11.8 Å². The first-order valence-corrected chi connectivity index (χ1v) is 6.33. The van der Waals surface area contributed by atoms with Crippen LogP contribution in [0.5, 0.6) is 0 Å². The predicted molar refractivity (Wildman–Crippen MR) is 74.1 cm³/mol. The smallest absolute Gasteiger partial charge is 0.251 e. The Morgan fingerprint density at radius 1 is 1.15 bits per heavy atom. The molecule has 2 amide bonds. The normalized spacial score (nSPS) is 10.0. The molecule has 0 bridgehead atoms. The monoisotopic (exact) mass is 272 g/mol. The zero-order chi connectivity index (χ0) is 14.2. The number of hydrogen-bond donors (Lipinski definition) is 3. The molecule has 0 aliphatic rings. The summed E-state index contributed by atoms with van der Waals surface area (Å²) in [5.74, 6) is -0.469. The number of nitrogens with zero attached hydrogens (tertiary/aromatic N) is 1. The van der Waals surface area contributed by atoms with Gasteiger partial charge in [0.1, 0.15) is 0 Å². The molecule has 6 nitrogen and oxygen atoms in total. The van der Waals surface area contributed by atoms with Crippen molar-refractivity contribution in [1.29, 1.82) is 0 Å². The summed E-state index contributed by atoms with van der Waals surface area (Å²) in [4.78, 5) is 30.1. The van der Waals surface area contributed by atoms with Gasteiger partial charge in [-0.15, -0.1) is 0 Å². The van der Waals surface area contributed by atoms with Crippen molar-refractivity contribution in [2.24, 2.45) is 0 Å². The molecular formula is C14H16N4O2. The maximum atomic E-state index is 11.7. The first-order chi connectivity index (χ1) is 9.75. The minimum absolute atomic E-state index is 0.0310. The number of nitrogens with one attached hydrogen (secondary N) is 3. The minimum Gasteiger partial charge on any atom is -0.354 e. The Kier molecular flexibility index (Phi) is 4.88. The molecule has 0 atom stereocenters. The van der Waals surface area contributed by atoms with Crippen LogP contribution in [0.4, 0.5) is 0 Å². The van der Waals surface area contributed by atoms with Crippen molar-refractivity contribution in [3.63, 3.8) is 0 Å². The highest BCUT2D eigenvalue weighted by atomic mass is 16.2. The Labute approximate surface area is 116 Å². The third-order valence-corrected chi connectivity index (χ3v) is 2.72. The highest BCUT2D eigenvalue weighted by molar-refractivity contribution is 5.96. The average molecular weight is 272 g/mol. The number of benzene rings is 1. The van der Waals surface area contributed by atoms with Crippen molar-refractivity contribution in [2.75, 3.05) is 13.1 Å². The van der Waals surface area contributed by atoms with Crippen LogP contribution in [0.1, 0.15) is 16.1 Å². The Morgan fingerprint density at radius 2 is 1.95 bits per heavy atom. The van der Waals surface area contributed by atoms with Crippen molar-refractivity contribution in [2.45, 2.75) is 6.42 Å². The van der Waals surface area contributed by atoms with Crippen LogP contribution in [0.3, 0.4) is 0 Å². The highest BCUT2D eigenvalue weighted by Gasteiger charge is 2.06. The molecule has 0 fully saturated rings. The molecule has 0 aliphatic carbocycles. The van der Waals surface area contributed by atoms with Crippen LogP contribution in [-0.4, -0.2) is 34.9 Å². The van der Waals surface area contributed by atoms with Crippen LogP contribution in [0.25, 0.3) is 0 Å². The first kappa shape index (κ1) is 13.8. The fourth-order valence-electron chi connectivity index (χ4n) is 1.67. The van der Waals surface area contributed by atoms with E-state index < -0.39 is 0 Å². The number of imidazole rings is 1. The van der Waals surface area contributed by atoms with Gasteiger partial charge in [0.05, 0.1) is 12.9 Å². The molecule has 0 saturated heterocycles. The molecule has 2 rings (SSSR count). The fourth-order valence-corrected chi connectivity index (χ4v) is 1.67. The number of aromatic nitrogens is 2. The van der Waals surface area contributed by atoms with Crippen LogP contribution in [0.15, 0.2) is 42.9 Å². The maximum Gasteiger partial charge on any atom is 0.251 e. The van der Waals surface area contributed by atoms with Gasteiger partial charge in [0.15, 0.2) is 0 Å². The SMILES string of the molecule is O=C(CNC(=O)c1ccccc1)NCCc1cnc[nH]1. The summed E-state index contributed by atoms with van der Waals surface area (Å²) in [6.45, 7) is 0.471. The largest absolute Gasteiger partial charge is 0.354 e. The van der Waals surface area contributed by atoms with Crippen molar-refractivity contribution in [3.8, 4) is 0 Å². The molecule has 6 heteroatoms. The van der Waals surface area contributed by atoms with E-state index in [9.17, 15) is 9.59 Å². The Bertz CT molecular complexity index is 552. The van der Waals surface area contributed by atoms with Crippen LogP contribution in [0.2, 0.25) is 0 Å². The molecule has 1 heterocycles. The minimum atomic E-state index is -0.255. The maximum absolute atomic E-state index is 11.7. The van der Waals surface area contributed by atoms with E-state index >= 15 is 0 Å². The molecule has 0 saturated carbocycles. The third-order valence-electron chi connectivity index (χ3n) is 2.72. The molecule has 0 unspecified atom stereocenters. The second-order valence-corrected chi connectivity index (χ2v) is 4.23. The van der Waals surface area contributed by atoms with Gasteiger partial charge in [-0.3, -0.25) is 9.59 Å². The van der Waals surface area contributed by atoms with Gasteiger partial charge in [0, 0.05) is 30.4 Å². The number of H-pyrrole nitrogens is 1. The molecule has 1 aromatic carbocycles. The molecule has 2 aromatic rings. The van der Waals surface area contributed by atoms with Crippen molar-refractivity contribution < 1.29 is 9.59 Å². The van der Waals surface area contributed by atoms with Crippen molar-refractivity contribution in [3.05, 3.63) is 54.1 Å². The van der Waals surface area contributed by atoms with Gasteiger partial charge >= 0.3 is 0 Å². The van der Waals surface area contributed by atoms with Gasteiger partial charge < -0.3 is 15.6 Å². The number of carbonyl (C=O) groups excluding carboxylic acids is 2. The number of rotatable bonds is 6. The standard InChI is InChI=1S/C14H16N4O2/c19-13(16-7-6-12-8-15-10-18-12)9-17-14(20)11-4-2-1-3-5-11/h1-5,8,10H,6-7,9H2,(H,15,18)(H,16,19)(H,17,20). The second kappa shape index (κ2) is 7.08. The van der Waals surface area contributed by atoms with Gasteiger partial charge in [0.25, 0.3) is 5.91 Å². The predicted octanol–water partition coefficient (Wildman–Crippen LogP) is 0.498. The van der Waals surface area contributed by atoms with E-state index in [-0.39, 0.29) is 18.4 Å². The van der Waals surface area contributed by atoms with Gasteiger partial charge in [-0.05, 0) is 12.1 Å². The Balaban J connectivity index is 1.66. The summed E-state index contributed by atoms with van der Waals surface area (Å²) in [6, 6.07) is 8.79. The third kappa shape index (κ3) is 4.24. The Morgan fingerprint density at radius 3 is 2.65 bits per heavy atom. The quantitative estimate of drug-likeness (QED) is 0.715. The van der Waals surface area contributed by atoms with Gasteiger partial charge in [-0.1, -0.05) is 18.2 Å². The summed E-state index contributed by atoms with van der Waals surface area (Å²) in [7, 11) is 0. The lowest BCUT2D eigenvalue weighted by molar-refractivity contribution is -0.120. The molecule has 0 aliphatic heterocycles. The van der Waals surface area contributed by atoms with Gasteiger partial charge in [0.2, 0.25) is 5.91 Å². The summed E-state index contributed by atoms with van der Waals surface area (Å²) in [5, 5.41) is 5.30. The van der Waals surface area contributed by atoms with Crippen LogP contribution in [-0.2, 0) is 11.2 Å². The summed E-state index contributed by atoms with van der Waals surface area (Å²) < 4.78 is 0. The van der Waals surface area contributed by atoms with E-state index in [0.29, 0.717) is 18.5 Å². The van der Waals surface area contributed by atoms with E-state index in [2.05, 4.69) is 20.6 Å². The number of aromatic amines is 1. The van der Waals surface area contributed by atoms with E-state index in [4.69, 9.17) is 0 Å². The van der Waals surface area contributed by atoms with E-state index in [1.807, 2.05) is 6.07 Å². The van der Waals surface area contributed by atoms with Crippen molar-refractivity contribution in [1.82, 2.24) is 20.6 Å². The average Bonchev–Trinajstić information content (AvgIpc) is 2.99. The highest BCUT2D eigenvalue weighted by Crippen LogP contribution is 1.97. The fraction of sp³-hybridized carbons (Fsp3) is 0.214. The van der Waals surface area contributed by atoms with E-state index in [1.54, 1.807) is 36.8 Å². The van der Waals surface area contributed by atoms with Gasteiger partial charge in [-0.2, -0.15) is 0 Å². The lowest BCUT2D eigenvalue weighted by atomic mass is 10.2. The van der Waals surface area contributed by atoms with Crippen LogP contribution in [0, 0.1) is 0 Å². The van der Waals surface area contributed by atoms with E-state index in [0.717, 1.165) is 5.69 Å². The van der Waals surface area contributed by atoms with Crippen LogP contribution >= 0.6 is 0 Å². The lowest BCUT2D eigenvalue weighted by Crippen LogP contribution is -2.37. The van der Waals surface area contributed by atoms with Crippen LogP contribution < -0.4 is 10.6 Å². The Hall–Kier alpha value is -2.63. The summed E-state index contributed by atoms with van der Waals surface area (Å²) in [5.41, 5.74) is 1.50. The zero-order valence-corrected chi connectivity index (χ0v) is 10.9. The molecular weight excluding hydrogens is 256 g/mol. The van der Waals surface area contributed by atoms with Gasteiger partial charge in [-0.25, -0.2) is 4.98 Å². The lowest BCUT2D eigenvalue weighted by Gasteiger charge is -2.06. The molecule has 3 N–H and O–H groups in total. The zero-order valence-electron chi connectivity index (χ0n) is 10.9. The molecule has 104 valence electrons. The molecule has 0 spiro atoms. The summed E-state index contributed by atoms with van der Waals surface area (Å²) >= 11 is 0. The number of carbonyl (C=O) groups is 2.